The summed E-state index contributed by atoms with van der Waals surface area (Å²) in [5.74, 6) is -0.219. The number of hydrogen-bond acceptors (Lipinski definition) is 6. The summed E-state index contributed by atoms with van der Waals surface area (Å²) in [6.07, 6.45) is 1.19. The van der Waals surface area contributed by atoms with E-state index < -0.39 is 6.17 Å². The Bertz CT molecular complexity index is 499. The van der Waals surface area contributed by atoms with Crippen LogP contribution in [0.3, 0.4) is 0 Å². The van der Waals surface area contributed by atoms with Gasteiger partial charge in [0.1, 0.15) is 19.6 Å². The normalized spacial score (nSPS) is 20.8. The van der Waals surface area contributed by atoms with Crippen molar-refractivity contribution in [2.45, 2.75) is 26.1 Å². The van der Waals surface area contributed by atoms with E-state index in [0.717, 1.165) is 0 Å². The second-order valence-corrected chi connectivity index (χ2v) is 6.05. The standard InChI is InChI=1S/C17H31N3O6/c1-13(7-9-23-3)16(21)19(11-25-5)15-14(2)18(8-10-24-4)17(22)20(15)12-26-6/h7,14-15H,8-12H2,1-6H3/b13-7-. The van der Waals surface area contributed by atoms with Crippen LogP contribution in [-0.2, 0) is 23.7 Å². The van der Waals surface area contributed by atoms with Gasteiger partial charge in [-0.05, 0) is 13.8 Å². The molecule has 0 aliphatic carbocycles. The maximum Gasteiger partial charge on any atom is 0.324 e. The number of ether oxygens (including phenoxy) is 4. The molecule has 0 N–H and O–H groups in total. The average molecular weight is 373 g/mol. The first-order chi connectivity index (χ1) is 12.4. The summed E-state index contributed by atoms with van der Waals surface area (Å²) < 4.78 is 20.5. The number of methoxy groups -OCH3 is 4. The van der Waals surface area contributed by atoms with Crippen LogP contribution in [0, 0.1) is 0 Å². The van der Waals surface area contributed by atoms with E-state index >= 15 is 0 Å². The van der Waals surface area contributed by atoms with E-state index in [4.69, 9.17) is 18.9 Å². The van der Waals surface area contributed by atoms with Gasteiger partial charge in [0.15, 0.2) is 0 Å². The predicted molar refractivity (Wildman–Crippen MR) is 95.3 cm³/mol. The van der Waals surface area contributed by atoms with Gasteiger partial charge in [0.05, 0.1) is 19.3 Å². The minimum Gasteiger partial charge on any atom is -0.383 e. The molecule has 2 unspecified atom stereocenters. The molecule has 0 spiro atoms. The highest BCUT2D eigenvalue weighted by Crippen LogP contribution is 2.26. The van der Waals surface area contributed by atoms with Crippen LogP contribution in [0.25, 0.3) is 0 Å². The molecule has 2 atom stereocenters. The van der Waals surface area contributed by atoms with Crippen molar-refractivity contribution in [2.24, 2.45) is 0 Å². The summed E-state index contributed by atoms with van der Waals surface area (Å²) in [6, 6.07) is -0.448. The molecule has 1 rings (SSSR count). The molecule has 1 aliphatic rings. The Hall–Kier alpha value is -1.68. The number of amides is 3. The minimum absolute atomic E-state index is 0.0532. The highest BCUT2D eigenvalue weighted by Gasteiger charge is 2.47. The van der Waals surface area contributed by atoms with Gasteiger partial charge >= 0.3 is 6.03 Å². The van der Waals surface area contributed by atoms with Crippen LogP contribution >= 0.6 is 0 Å². The largest absolute Gasteiger partial charge is 0.383 e. The van der Waals surface area contributed by atoms with Gasteiger partial charge in [-0.2, -0.15) is 0 Å². The molecule has 0 aromatic heterocycles. The molecule has 1 heterocycles. The Morgan fingerprint density at radius 3 is 2.35 bits per heavy atom. The lowest BCUT2D eigenvalue weighted by Crippen LogP contribution is -2.54. The van der Waals surface area contributed by atoms with Crippen molar-refractivity contribution in [1.29, 1.82) is 0 Å². The third-order valence-electron chi connectivity index (χ3n) is 4.28. The first-order valence-corrected chi connectivity index (χ1v) is 8.45. The molecule has 3 amide bonds. The smallest absolute Gasteiger partial charge is 0.324 e. The Labute approximate surface area is 155 Å². The molecular weight excluding hydrogens is 342 g/mol. The maximum atomic E-state index is 12.9. The summed E-state index contributed by atoms with van der Waals surface area (Å²) in [5.41, 5.74) is 0.524. The molecule has 1 saturated heterocycles. The van der Waals surface area contributed by atoms with Crippen LogP contribution in [0.15, 0.2) is 11.6 Å². The van der Waals surface area contributed by atoms with E-state index in [2.05, 4.69) is 0 Å². The van der Waals surface area contributed by atoms with Gasteiger partial charge < -0.3 is 23.8 Å². The summed E-state index contributed by atoms with van der Waals surface area (Å²) in [7, 11) is 6.17. The van der Waals surface area contributed by atoms with Crippen molar-refractivity contribution in [1.82, 2.24) is 14.7 Å². The lowest BCUT2D eigenvalue weighted by atomic mass is 10.2. The second-order valence-electron chi connectivity index (χ2n) is 6.05. The second kappa shape index (κ2) is 11.1. The Kier molecular flexibility index (Phi) is 9.57. The minimum atomic E-state index is -0.516. The summed E-state index contributed by atoms with van der Waals surface area (Å²) in [5, 5.41) is 0. The fraction of sp³-hybridized carbons (Fsp3) is 0.765. The van der Waals surface area contributed by atoms with Gasteiger partial charge in [0.25, 0.3) is 5.91 Å². The molecule has 9 nitrogen and oxygen atoms in total. The van der Waals surface area contributed by atoms with Crippen LogP contribution < -0.4 is 0 Å². The molecule has 0 radical (unpaired) electrons. The van der Waals surface area contributed by atoms with E-state index in [9.17, 15) is 9.59 Å². The predicted octanol–water partition coefficient (Wildman–Crippen LogP) is 0.714. The molecule has 1 aliphatic heterocycles. The van der Waals surface area contributed by atoms with Crippen molar-refractivity contribution >= 4 is 11.9 Å². The Balaban J connectivity index is 3.15. The highest BCUT2D eigenvalue weighted by atomic mass is 16.5. The zero-order chi connectivity index (χ0) is 19.7. The van der Waals surface area contributed by atoms with Gasteiger partial charge in [0, 0.05) is 40.6 Å². The third kappa shape index (κ3) is 5.16. The SMILES string of the molecule is COC/C=C(/C)C(=O)N(COC)C1C(C)N(CCOC)C(=O)N1COC. The summed E-state index contributed by atoms with van der Waals surface area (Å²) in [4.78, 5) is 30.5. The zero-order valence-electron chi connectivity index (χ0n) is 16.6. The van der Waals surface area contributed by atoms with E-state index in [1.165, 1.54) is 24.0 Å². The van der Waals surface area contributed by atoms with Crippen LogP contribution in [-0.4, -0.2) is 101 Å². The van der Waals surface area contributed by atoms with Crippen LogP contribution in [0.1, 0.15) is 13.8 Å². The highest BCUT2D eigenvalue weighted by molar-refractivity contribution is 5.93. The van der Waals surface area contributed by atoms with Gasteiger partial charge in [-0.1, -0.05) is 6.08 Å². The molecule has 1 fully saturated rings. The third-order valence-corrected chi connectivity index (χ3v) is 4.28. The van der Waals surface area contributed by atoms with Crippen molar-refractivity contribution in [2.75, 3.05) is 61.7 Å². The quantitative estimate of drug-likeness (QED) is 0.392. The van der Waals surface area contributed by atoms with Gasteiger partial charge in [0.2, 0.25) is 0 Å². The monoisotopic (exact) mass is 373 g/mol. The Morgan fingerprint density at radius 2 is 1.81 bits per heavy atom. The van der Waals surface area contributed by atoms with Crippen molar-refractivity contribution < 1.29 is 28.5 Å². The summed E-state index contributed by atoms with van der Waals surface area (Å²) >= 11 is 0. The van der Waals surface area contributed by atoms with E-state index in [0.29, 0.717) is 25.3 Å². The first kappa shape index (κ1) is 22.4. The lowest BCUT2D eigenvalue weighted by Gasteiger charge is -2.35. The fourth-order valence-corrected chi connectivity index (χ4v) is 2.98. The molecule has 150 valence electrons. The summed E-state index contributed by atoms with van der Waals surface area (Å²) in [6.45, 7) is 4.92. The van der Waals surface area contributed by atoms with Crippen molar-refractivity contribution in [3.63, 3.8) is 0 Å². The molecule has 0 saturated carbocycles. The molecule has 0 aromatic carbocycles. The van der Waals surface area contributed by atoms with E-state index in [-0.39, 0.29) is 31.4 Å². The van der Waals surface area contributed by atoms with Gasteiger partial charge in [-0.15, -0.1) is 0 Å². The van der Waals surface area contributed by atoms with Crippen molar-refractivity contribution in [3.05, 3.63) is 11.6 Å². The van der Waals surface area contributed by atoms with Gasteiger partial charge in [-0.3, -0.25) is 14.6 Å². The molecule has 26 heavy (non-hydrogen) atoms. The first-order valence-electron chi connectivity index (χ1n) is 8.45. The lowest BCUT2D eigenvalue weighted by molar-refractivity contribution is -0.141. The number of urea groups is 1. The number of carbonyl (C=O) groups excluding carboxylic acids is 2. The van der Waals surface area contributed by atoms with Crippen LogP contribution in [0.2, 0.25) is 0 Å². The van der Waals surface area contributed by atoms with Gasteiger partial charge in [-0.25, -0.2) is 4.79 Å². The maximum absolute atomic E-state index is 12.9. The Morgan fingerprint density at radius 1 is 1.12 bits per heavy atom. The number of nitrogens with zero attached hydrogens (tertiary/aromatic N) is 3. The average Bonchev–Trinajstić information content (AvgIpc) is 2.86. The number of carbonyl (C=O) groups is 2. The van der Waals surface area contributed by atoms with E-state index in [1.807, 2.05) is 6.92 Å². The zero-order valence-corrected chi connectivity index (χ0v) is 16.6. The molecule has 0 bridgehead atoms. The number of rotatable bonds is 11. The topological polar surface area (TPSA) is 80.8 Å². The van der Waals surface area contributed by atoms with E-state index in [1.54, 1.807) is 32.1 Å². The van der Waals surface area contributed by atoms with Crippen LogP contribution in [0.5, 0.6) is 0 Å². The molecule has 9 heteroatoms. The molecular formula is C17H31N3O6. The fourth-order valence-electron chi connectivity index (χ4n) is 2.98. The number of hydrogen-bond donors (Lipinski definition) is 0. The molecule has 0 aromatic rings. The van der Waals surface area contributed by atoms with Crippen molar-refractivity contribution in [3.8, 4) is 0 Å². The van der Waals surface area contributed by atoms with Crippen LogP contribution in [0.4, 0.5) is 4.79 Å².